The monoisotopic (exact) mass is 339 g/mol. The largest absolute Gasteiger partial charge is 0.481 e. The van der Waals surface area contributed by atoms with Gasteiger partial charge in [-0.2, -0.15) is 0 Å². The van der Waals surface area contributed by atoms with E-state index in [2.05, 4.69) is 0 Å². The first kappa shape index (κ1) is 18.6. The fourth-order valence-electron chi connectivity index (χ4n) is 1.94. The Morgan fingerprint density at radius 1 is 1.27 bits per heavy atom. The molecule has 0 saturated heterocycles. The lowest BCUT2D eigenvalue weighted by Gasteiger charge is -2.15. The first-order chi connectivity index (χ1) is 10.4. The van der Waals surface area contributed by atoms with Crippen LogP contribution in [0, 0.1) is 10.8 Å². The number of carboxylic acid groups (broad SMARTS) is 1. The zero-order valence-electron chi connectivity index (χ0n) is 12.5. The molecule has 0 aliphatic heterocycles. The van der Waals surface area contributed by atoms with Crippen LogP contribution in [0.1, 0.15) is 30.4 Å². The summed E-state index contributed by atoms with van der Waals surface area (Å²) in [6, 6.07) is 7.90. The number of nitrogens with one attached hydrogen (secondary N) is 2. The van der Waals surface area contributed by atoms with Crippen molar-refractivity contribution in [3.05, 3.63) is 35.4 Å². The molecule has 120 valence electrons. The number of aryl methyl sites for hydroxylation is 1. The van der Waals surface area contributed by atoms with Gasteiger partial charge in [0, 0.05) is 17.4 Å². The summed E-state index contributed by atoms with van der Waals surface area (Å²) in [5, 5.41) is 24.3. The van der Waals surface area contributed by atoms with Gasteiger partial charge in [-0.15, -0.1) is 11.8 Å². The summed E-state index contributed by atoms with van der Waals surface area (Å²) in [5.41, 5.74) is 7.42. The van der Waals surface area contributed by atoms with E-state index < -0.39 is 5.97 Å². The van der Waals surface area contributed by atoms with E-state index in [9.17, 15) is 4.79 Å². The number of amidine groups is 1. The van der Waals surface area contributed by atoms with Crippen molar-refractivity contribution in [3.63, 3.8) is 0 Å². The van der Waals surface area contributed by atoms with Crippen molar-refractivity contribution in [2.24, 2.45) is 5.73 Å². The molecule has 1 atom stereocenters. The Morgan fingerprint density at radius 2 is 1.91 bits per heavy atom. The van der Waals surface area contributed by atoms with Gasteiger partial charge in [0.2, 0.25) is 0 Å². The second kappa shape index (κ2) is 9.53. The fraction of sp³-hybridized carbons (Fsp3) is 0.400. The summed E-state index contributed by atoms with van der Waals surface area (Å²) >= 11 is 2.69. The third-order valence-corrected chi connectivity index (χ3v) is 4.74. The minimum absolute atomic E-state index is 0.0693. The minimum Gasteiger partial charge on any atom is -0.481 e. The molecule has 0 amide bonds. The Bertz CT molecular complexity index is 532. The smallest absolute Gasteiger partial charge is 0.303 e. The van der Waals surface area contributed by atoms with E-state index in [-0.39, 0.29) is 17.5 Å². The van der Waals surface area contributed by atoms with Crippen molar-refractivity contribution >= 4 is 39.7 Å². The number of carbonyl (C=O) groups is 1. The number of carboxylic acids is 1. The first-order valence-corrected chi connectivity index (χ1v) is 8.81. The Labute approximate surface area is 139 Å². The number of hydrogen-bond acceptors (Lipinski definition) is 5. The van der Waals surface area contributed by atoms with Gasteiger partial charge in [-0.25, -0.2) is 0 Å². The van der Waals surface area contributed by atoms with E-state index in [0.717, 1.165) is 23.3 Å². The van der Waals surface area contributed by atoms with Crippen LogP contribution < -0.4 is 5.73 Å². The molecule has 7 heteroatoms. The van der Waals surface area contributed by atoms with Gasteiger partial charge in [0.25, 0.3) is 0 Å². The van der Waals surface area contributed by atoms with Crippen LogP contribution in [0.4, 0.5) is 0 Å². The Hall–Kier alpha value is -1.47. The molecule has 0 aromatic heterocycles. The van der Waals surface area contributed by atoms with Crippen molar-refractivity contribution in [2.45, 2.75) is 25.7 Å². The van der Waals surface area contributed by atoms with Gasteiger partial charge in [-0.3, -0.25) is 15.6 Å². The van der Waals surface area contributed by atoms with Crippen molar-refractivity contribution < 1.29 is 9.90 Å². The minimum atomic E-state index is -0.824. The van der Waals surface area contributed by atoms with Crippen LogP contribution >= 0.6 is 23.5 Å². The average molecular weight is 339 g/mol. The van der Waals surface area contributed by atoms with E-state index in [1.165, 1.54) is 23.5 Å². The molecule has 0 heterocycles. The molecule has 1 aromatic carbocycles. The number of aliphatic carboxylic acids is 1. The Morgan fingerprint density at radius 3 is 2.41 bits per heavy atom. The van der Waals surface area contributed by atoms with E-state index >= 15 is 0 Å². The average Bonchev–Trinajstić information content (AvgIpc) is 2.43. The lowest BCUT2D eigenvalue weighted by atomic mass is 9.96. The maximum absolute atomic E-state index is 11.0. The number of thioether (sulfide) groups is 2. The molecule has 0 radical (unpaired) electrons. The molecule has 5 N–H and O–H groups in total. The molecule has 0 saturated carbocycles. The molecule has 1 rings (SSSR count). The van der Waals surface area contributed by atoms with Gasteiger partial charge in [0.1, 0.15) is 0 Å². The molecule has 0 aliphatic rings. The van der Waals surface area contributed by atoms with Crippen LogP contribution in [-0.2, 0) is 11.2 Å². The van der Waals surface area contributed by atoms with Crippen LogP contribution in [0.5, 0.6) is 0 Å². The third-order valence-electron chi connectivity index (χ3n) is 3.02. The highest BCUT2D eigenvalue weighted by Crippen LogP contribution is 2.25. The normalized spacial score (nSPS) is 11.9. The van der Waals surface area contributed by atoms with Gasteiger partial charge in [0.05, 0.1) is 11.5 Å². The highest BCUT2D eigenvalue weighted by Gasteiger charge is 2.16. The van der Waals surface area contributed by atoms with E-state index in [1.807, 2.05) is 24.3 Å². The van der Waals surface area contributed by atoms with Crippen molar-refractivity contribution in [1.29, 1.82) is 10.8 Å². The molecule has 22 heavy (non-hydrogen) atoms. The molecule has 0 bridgehead atoms. The quantitative estimate of drug-likeness (QED) is 0.429. The first-order valence-electron chi connectivity index (χ1n) is 6.84. The molecule has 0 unspecified atom stereocenters. The summed E-state index contributed by atoms with van der Waals surface area (Å²) in [4.78, 5) is 11.0. The standard InChI is InChI=1S/C15H21N3O2S2/c1-10(16)22-9-13(8-14(19)20)12-4-2-11(3-5-12)6-7-21-15(17)18/h2-5,13,16H,6-9H2,1H3,(H3,17,18)(H,19,20)/t13-/m0/s1. The van der Waals surface area contributed by atoms with Crippen LogP contribution in [0.25, 0.3) is 0 Å². The van der Waals surface area contributed by atoms with E-state index in [0.29, 0.717) is 10.8 Å². The van der Waals surface area contributed by atoms with Crippen molar-refractivity contribution in [1.82, 2.24) is 0 Å². The topological polar surface area (TPSA) is 111 Å². The zero-order valence-corrected chi connectivity index (χ0v) is 14.1. The SMILES string of the molecule is CC(=N)SC[C@H](CC(=O)O)c1ccc(CCSC(=N)N)cc1. The van der Waals surface area contributed by atoms with Crippen LogP contribution in [-0.4, -0.2) is 32.8 Å². The number of nitrogens with two attached hydrogens (primary N) is 1. The van der Waals surface area contributed by atoms with Crippen LogP contribution in [0.15, 0.2) is 24.3 Å². The van der Waals surface area contributed by atoms with Gasteiger partial charge >= 0.3 is 5.97 Å². The zero-order chi connectivity index (χ0) is 16.5. The summed E-state index contributed by atoms with van der Waals surface area (Å²) in [6.45, 7) is 1.71. The molecular weight excluding hydrogens is 318 g/mol. The van der Waals surface area contributed by atoms with Crippen LogP contribution in [0.3, 0.4) is 0 Å². The van der Waals surface area contributed by atoms with Gasteiger partial charge in [-0.05, 0) is 24.5 Å². The second-order valence-electron chi connectivity index (χ2n) is 4.87. The van der Waals surface area contributed by atoms with E-state index in [1.54, 1.807) is 6.92 Å². The highest BCUT2D eigenvalue weighted by atomic mass is 32.2. The van der Waals surface area contributed by atoms with Gasteiger partial charge < -0.3 is 10.8 Å². The maximum Gasteiger partial charge on any atom is 0.303 e. The Kier molecular flexibility index (Phi) is 8.05. The summed E-state index contributed by atoms with van der Waals surface area (Å²) < 4.78 is 0. The van der Waals surface area contributed by atoms with Crippen molar-refractivity contribution in [2.75, 3.05) is 11.5 Å². The number of hydrogen-bond donors (Lipinski definition) is 4. The lowest BCUT2D eigenvalue weighted by molar-refractivity contribution is -0.137. The fourth-order valence-corrected chi connectivity index (χ4v) is 3.26. The molecule has 0 spiro atoms. The maximum atomic E-state index is 11.0. The third kappa shape index (κ3) is 7.51. The number of benzene rings is 1. The van der Waals surface area contributed by atoms with E-state index in [4.69, 9.17) is 21.7 Å². The molecule has 0 aliphatic carbocycles. The van der Waals surface area contributed by atoms with Crippen LogP contribution in [0.2, 0.25) is 0 Å². The van der Waals surface area contributed by atoms with Gasteiger partial charge in [0.15, 0.2) is 5.17 Å². The number of rotatable bonds is 8. The molecule has 0 fully saturated rings. The lowest BCUT2D eigenvalue weighted by Crippen LogP contribution is -2.10. The summed E-state index contributed by atoms with van der Waals surface area (Å²) in [7, 11) is 0. The summed E-state index contributed by atoms with van der Waals surface area (Å²) in [5.74, 6) is 0.440. The predicted molar refractivity (Wildman–Crippen MR) is 95.4 cm³/mol. The predicted octanol–water partition coefficient (Wildman–Crippen LogP) is 3.14. The molecular formula is C15H21N3O2S2. The molecule has 5 nitrogen and oxygen atoms in total. The summed E-state index contributed by atoms with van der Waals surface area (Å²) in [6.07, 6.45) is 0.891. The highest BCUT2D eigenvalue weighted by molar-refractivity contribution is 8.13. The Balaban J connectivity index is 2.67. The van der Waals surface area contributed by atoms with Gasteiger partial charge in [-0.1, -0.05) is 36.0 Å². The molecule has 1 aromatic rings. The second-order valence-corrected chi connectivity index (χ2v) is 7.24. The van der Waals surface area contributed by atoms with Crippen molar-refractivity contribution in [3.8, 4) is 0 Å².